The van der Waals surface area contributed by atoms with Crippen molar-refractivity contribution in [2.45, 2.75) is 26.8 Å². The summed E-state index contributed by atoms with van der Waals surface area (Å²) in [4.78, 5) is 15.6. The summed E-state index contributed by atoms with van der Waals surface area (Å²) in [7, 11) is 3.58. The van der Waals surface area contributed by atoms with Gasteiger partial charge in [-0.2, -0.15) is 0 Å². The molecule has 0 saturated heterocycles. The van der Waals surface area contributed by atoms with E-state index in [0.29, 0.717) is 6.54 Å². The van der Waals surface area contributed by atoms with Crippen LogP contribution in [0.2, 0.25) is 0 Å². The minimum absolute atomic E-state index is 0.134. The molecule has 0 aliphatic heterocycles. The molecule has 0 aromatic heterocycles. The lowest BCUT2D eigenvalue weighted by molar-refractivity contribution is -0.130. The number of carbonyl (C=O) groups is 1. The number of rotatable bonds is 6. The zero-order valence-corrected chi connectivity index (χ0v) is 12.4. The highest BCUT2D eigenvalue weighted by molar-refractivity contribution is 5.77. The number of hydrogen-bond acceptors (Lipinski definition) is 3. The van der Waals surface area contributed by atoms with Gasteiger partial charge in [-0.25, -0.2) is 0 Å². The quantitative estimate of drug-likeness (QED) is 0.797. The van der Waals surface area contributed by atoms with Crippen LogP contribution in [0.1, 0.15) is 24.5 Å². The van der Waals surface area contributed by atoms with Gasteiger partial charge in [-0.15, -0.1) is 0 Å². The SMILES string of the molecule is CCCN(CC(=O)N(C)C)Cc1cccc(N)c1C. The van der Waals surface area contributed by atoms with E-state index in [-0.39, 0.29) is 5.91 Å². The van der Waals surface area contributed by atoms with E-state index in [9.17, 15) is 4.79 Å². The molecule has 0 saturated carbocycles. The maximum Gasteiger partial charge on any atom is 0.236 e. The Balaban J connectivity index is 2.78. The first-order chi connectivity index (χ1) is 8.95. The summed E-state index contributed by atoms with van der Waals surface area (Å²) in [6.45, 7) is 6.29. The van der Waals surface area contributed by atoms with Gasteiger partial charge in [0.2, 0.25) is 5.91 Å². The molecule has 0 spiro atoms. The van der Waals surface area contributed by atoms with Crippen LogP contribution in [0.25, 0.3) is 0 Å². The lowest BCUT2D eigenvalue weighted by atomic mass is 10.1. The molecule has 106 valence electrons. The Morgan fingerprint density at radius 3 is 2.58 bits per heavy atom. The third kappa shape index (κ3) is 4.56. The number of hydrogen-bond donors (Lipinski definition) is 1. The average molecular weight is 263 g/mol. The predicted molar refractivity (Wildman–Crippen MR) is 79.9 cm³/mol. The van der Waals surface area contributed by atoms with Crippen molar-refractivity contribution in [1.29, 1.82) is 0 Å². The molecular formula is C15H25N3O. The summed E-state index contributed by atoms with van der Waals surface area (Å²) in [6, 6.07) is 5.96. The van der Waals surface area contributed by atoms with Gasteiger partial charge in [-0.05, 0) is 37.1 Å². The molecule has 1 rings (SSSR count). The zero-order chi connectivity index (χ0) is 14.4. The number of amides is 1. The second kappa shape index (κ2) is 7.14. The standard InChI is InChI=1S/C15H25N3O/c1-5-9-18(11-15(19)17(3)4)10-13-7-6-8-14(16)12(13)2/h6-8H,5,9-11,16H2,1-4H3. The van der Waals surface area contributed by atoms with E-state index in [1.54, 1.807) is 19.0 Å². The van der Waals surface area contributed by atoms with Crippen LogP contribution < -0.4 is 5.73 Å². The van der Waals surface area contributed by atoms with Crippen molar-refractivity contribution in [2.24, 2.45) is 0 Å². The fourth-order valence-electron chi connectivity index (χ4n) is 1.98. The van der Waals surface area contributed by atoms with E-state index in [1.807, 2.05) is 19.1 Å². The maximum atomic E-state index is 11.8. The first-order valence-electron chi connectivity index (χ1n) is 6.72. The van der Waals surface area contributed by atoms with Gasteiger partial charge >= 0.3 is 0 Å². The van der Waals surface area contributed by atoms with Crippen molar-refractivity contribution in [3.05, 3.63) is 29.3 Å². The van der Waals surface area contributed by atoms with Crippen molar-refractivity contribution in [1.82, 2.24) is 9.80 Å². The van der Waals surface area contributed by atoms with E-state index in [1.165, 1.54) is 5.56 Å². The molecule has 0 atom stereocenters. The van der Waals surface area contributed by atoms with Crippen molar-refractivity contribution >= 4 is 11.6 Å². The van der Waals surface area contributed by atoms with Crippen LogP contribution in [0.5, 0.6) is 0 Å². The molecule has 0 heterocycles. The molecule has 2 N–H and O–H groups in total. The molecule has 0 fully saturated rings. The Morgan fingerprint density at radius 2 is 2.00 bits per heavy atom. The molecule has 0 aliphatic rings. The largest absolute Gasteiger partial charge is 0.399 e. The first kappa shape index (κ1) is 15.5. The Morgan fingerprint density at radius 1 is 1.32 bits per heavy atom. The molecular weight excluding hydrogens is 238 g/mol. The van der Waals surface area contributed by atoms with E-state index < -0.39 is 0 Å². The number of likely N-dealkylation sites (N-methyl/N-ethyl adjacent to an activating group) is 1. The summed E-state index contributed by atoms with van der Waals surface area (Å²) in [6.07, 6.45) is 1.03. The highest BCUT2D eigenvalue weighted by Gasteiger charge is 2.13. The van der Waals surface area contributed by atoms with Gasteiger partial charge in [0.1, 0.15) is 0 Å². The van der Waals surface area contributed by atoms with Crippen LogP contribution in [0.4, 0.5) is 5.69 Å². The highest BCUT2D eigenvalue weighted by Crippen LogP contribution is 2.17. The molecule has 0 bridgehead atoms. The zero-order valence-electron chi connectivity index (χ0n) is 12.4. The third-order valence-electron chi connectivity index (χ3n) is 3.28. The predicted octanol–water partition coefficient (Wildman–Crippen LogP) is 1.88. The van der Waals surface area contributed by atoms with E-state index >= 15 is 0 Å². The van der Waals surface area contributed by atoms with Crippen LogP contribution >= 0.6 is 0 Å². The number of nitrogens with two attached hydrogens (primary N) is 1. The fraction of sp³-hybridized carbons (Fsp3) is 0.533. The number of benzene rings is 1. The number of nitrogen functional groups attached to an aromatic ring is 1. The molecule has 1 aromatic rings. The van der Waals surface area contributed by atoms with Crippen molar-refractivity contribution in [3.63, 3.8) is 0 Å². The minimum atomic E-state index is 0.134. The summed E-state index contributed by atoms with van der Waals surface area (Å²) in [5.74, 6) is 0.134. The second-order valence-electron chi connectivity index (χ2n) is 5.13. The summed E-state index contributed by atoms with van der Waals surface area (Å²) < 4.78 is 0. The normalized spacial score (nSPS) is 10.8. The van der Waals surface area contributed by atoms with Crippen LogP contribution in [0.15, 0.2) is 18.2 Å². The van der Waals surface area contributed by atoms with Gasteiger partial charge in [0.05, 0.1) is 6.54 Å². The Labute approximate surface area is 116 Å². The van der Waals surface area contributed by atoms with Gasteiger partial charge in [-0.1, -0.05) is 19.1 Å². The molecule has 1 aromatic carbocycles. The summed E-state index contributed by atoms with van der Waals surface area (Å²) >= 11 is 0. The molecule has 1 amide bonds. The van der Waals surface area contributed by atoms with Gasteiger partial charge in [0.25, 0.3) is 0 Å². The Bertz CT molecular complexity index is 429. The van der Waals surface area contributed by atoms with Crippen molar-refractivity contribution < 1.29 is 4.79 Å². The van der Waals surface area contributed by atoms with Gasteiger partial charge in [0, 0.05) is 26.3 Å². The molecule has 4 heteroatoms. The van der Waals surface area contributed by atoms with E-state index in [4.69, 9.17) is 5.73 Å². The van der Waals surface area contributed by atoms with Crippen LogP contribution in [0, 0.1) is 6.92 Å². The fourth-order valence-corrected chi connectivity index (χ4v) is 1.98. The van der Waals surface area contributed by atoms with Gasteiger partial charge in [-0.3, -0.25) is 9.69 Å². The van der Waals surface area contributed by atoms with Crippen LogP contribution in [-0.2, 0) is 11.3 Å². The van der Waals surface area contributed by atoms with Crippen LogP contribution in [-0.4, -0.2) is 42.9 Å². The third-order valence-corrected chi connectivity index (χ3v) is 3.28. The minimum Gasteiger partial charge on any atom is -0.399 e. The number of anilines is 1. The second-order valence-corrected chi connectivity index (χ2v) is 5.13. The molecule has 0 aliphatic carbocycles. The summed E-state index contributed by atoms with van der Waals surface area (Å²) in [5, 5.41) is 0. The average Bonchev–Trinajstić information content (AvgIpc) is 2.35. The highest BCUT2D eigenvalue weighted by atomic mass is 16.2. The lowest BCUT2D eigenvalue weighted by Crippen LogP contribution is -2.36. The maximum absolute atomic E-state index is 11.8. The molecule has 4 nitrogen and oxygen atoms in total. The lowest BCUT2D eigenvalue weighted by Gasteiger charge is -2.24. The van der Waals surface area contributed by atoms with Crippen molar-refractivity contribution in [3.8, 4) is 0 Å². The van der Waals surface area contributed by atoms with E-state index in [0.717, 1.165) is 30.8 Å². The van der Waals surface area contributed by atoms with Gasteiger partial charge < -0.3 is 10.6 Å². The monoisotopic (exact) mass is 263 g/mol. The first-order valence-corrected chi connectivity index (χ1v) is 6.72. The Kier molecular flexibility index (Phi) is 5.83. The molecule has 0 unspecified atom stereocenters. The molecule has 19 heavy (non-hydrogen) atoms. The van der Waals surface area contributed by atoms with Crippen molar-refractivity contribution in [2.75, 3.05) is 32.9 Å². The van der Waals surface area contributed by atoms with Gasteiger partial charge in [0.15, 0.2) is 0 Å². The topological polar surface area (TPSA) is 49.6 Å². The van der Waals surface area contributed by atoms with Crippen LogP contribution in [0.3, 0.4) is 0 Å². The Hall–Kier alpha value is -1.55. The number of carbonyl (C=O) groups excluding carboxylic acids is 1. The smallest absolute Gasteiger partial charge is 0.236 e. The summed E-state index contributed by atoms with van der Waals surface area (Å²) in [5.41, 5.74) is 9.05. The number of nitrogens with zero attached hydrogens (tertiary/aromatic N) is 2. The van der Waals surface area contributed by atoms with E-state index in [2.05, 4.69) is 17.9 Å². The molecule has 0 radical (unpaired) electrons.